The van der Waals surface area contributed by atoms with E-state index >= 15 is 0 Å². The quantitative estimate of drug-likeness (QED) is 0.830. The van der Waals surface area contributed by atoms with Crippen LogP contribution >= 0.6 is 11.6 Å². The van der Waals surface area contributed by atoms with Crippen LogP contribution in [0.3, 0.4) is 0 Å². The summed E-state index contributed by atoms with van der Waals surface area (Å²) < 4.78 is 25.2. The molecule has 0 atom stereocenters. The van der Waals surface area contributed by atoms with Crippen LogP contribution in [0.2, 0.25) is 5.15 Å². The predicted octanol–water partition coefficient (Wildman–Crippen LogP) is 1.27. The highest BCUT2D eigenvalue weighted by molar-refractivity contribution is 7.88. The third-order valence-corrected chi connectivity index (χ3v) is 4.22. The van der Waals surface area contributed by atoms with Gasteiger partial charge < -0.3 is 5.11 Å². The van der Waals surface area contributed by atoms with Gasteiger partial charge in [0.25, 0.3) is 0 Å². The van der Waals surface area contributed by atoms with E-state index in [0.717, 1.165) is 4.31 Å². The number of aromatic nitrogens is 1. The summed E-state index contributed by atoms with van der Waals surface area (Å²) in [5, 5.41) is 9.94. The first-order valence-electron chi connectivity index (χ1n) is 5.37. The number of nitrogens with zero attached hydrogens (tertiary/aromatic N) is 2. The van der Waals surface area contributed by atoms with Crippen LogP contribution in [0.15, 0.2) is 18.3 Å². The Morgan fingerprint density at radius 3 is 2.50 bits per heavy atom. The van der Waals surface area contributed by atoms with E-state index in [1.54, 1.807) is 26.0 Å². The molecule has 1 heterocycles. The molecule has 7 heteroatoms. The van der Waals surface area contributed by atoms with Gasteiger partial charge in [0.05, 0.1) is 11.4 Å². The average Bonchev–Trinajstić information content (AvgIpc) is 2.18. The number of aliphatic hydroxyl groups is 1. The second kappa shape index (κ2) is 5.52. The monoisotopic (exact) mass is 292 g/mol. The average molecular weight is 293 g/mol. The first-order chi connectivity index (χ1) is 8.10. The van der Waals surface area contributed by atoms with Crippen LogP contribution < -0.4 is 0 Å². The highest BCUT2D eigenvalue weighted by Crippen LogP contribution is 2.13. The Bertz CT molecular complexity index is 494. The molecule has 0 saturated heterocycles. The van der Waals surface area contributed by atoms with Crippen molar-refractivity contribution in [2.45, 2.75) is 25.2 Å². The molecule has 0 aliphatic carbocycles. The van der Waals surface area contributed by atoms with E-state index in [4.69, 9.17) is 11.6 Å². The maximum absolute atomic E-state index is 12.0. The number of hydrogen-bond donors (Lipinski definition) is 1. The van der Waals surface area contributed by atoms with Gasteiger partial charge in [-0.05, 0) is 25.5 Å². The van der Waals surface area contributed by atoms with E-state index in [2.05, 4.69) is 4.98 Å². The first-order valence-corrected chi connectivity index (χ1v) is 7.36. The number of sulfonamides is 1. The van der Waals surface area contributed by atoms with Crippen LogP contribution in [0.5, 0.6) is 0 Å². The van der Waals surface area contributed by atoms with Crippen LogP contribution in [0.4, 0.5) is 0 Å². The number of likely N-dealkylation sites (N-methyl/N-ethyl adjacent to an activating group) is 1. The molecule has 0 saturated carbocycles. The Balaban J connectivity index is 2.79. The minimum Gasteiger partial charge on any atom is -0.389 e. The van der Waals surface area contributed by atoms with E-state index in [9.17, 15) is 13.5 Å². The lowest BCUT2D eigenvalue weighted by molar-refractivity contribution is 0.0639. The fourth-order valence-electron chi connectivity index (χ4n) is 1.46. The number of pyridine rings is 1. The Kier molecular flexibility index (Phi) is 4.72. The number of hydrogen-bond acceptors (Lipinski definition) is 4. The molecule has 0 aromatic carbocycles. The van der Waals surface area contributed by atoms with Gasteiger partial charge in [0, 0.05) is 19.8 Å². The molecule has 0 aliphatic rings. The van der Waals surface area contributed by atoms with Crippen molar-refractivity contribution in [1.82, 2.24) is 9.29 Å². The van der Waals surface area contributed by atoms with E-state index < -0.39 is 15.6 Å². The molecule has 1 rings (SSSR count). The van der Waals surface area contributed by atoms with Crippen molar-refractivity contribution in [2.24, 2.45) is 0 Å². The molecular formula is C11H17ClN2O3S. The van der Waals surface area contributed by atoms with Gasteiger partial charge in [0.1, 0.15) is 5.15 Å². The molecule has 0 fully saturated rings. The van der Waals surface area contributed by atoms with Crippen LogP contribution in [0.1, 0.15) is 19.4 Å². The normalized spacial score (nSPS) is 13.0. The molecule has 1 aromatic rings. The zero-order chi connectivity index (χ0) is 14.0. The molecule has 1 aromatic heterocycles. The lowest BCUT2D eigenvalue weighted by atomic mass is 10.1. The summed E-state index contributed by atoms with van der Waals surface area (Å²) in [6.07, 6.45) is 1.43. The molecule has 0 unspecified atom stereocenters. The van der Waals surface area contributed by atoms with Crippen molar-refractivity contribution >= 4 is 21.6 Å². The predicted molar refractivity (Wildman–Crippen MR) is 70.8 cm³/mol. The van der Waals surface area contributed by atoms with Gasteiger partial charge in [-0.3, -0.25) is 0 Å². The highest BCUT2D eigenvalue weighted by Gasteiger charge is 2.24. The molecule has 1 N–H and O–H groups in total. The second-order valence-electron chi connectivity index (χ2n) is 4.81. The molecule has 0 spiro atoms. The Morgan fingerprint density at radius 2 is 2.06 bits per heavy atom. The van der Waals surface area contributed by atoms with E-state index in [0.29, 0.717) is 10.7 Å². The summed E-state index contributed by atoms with van der Waals surface area (Å²) in [4.78, 5) is 3.83. The summed E-state index contributed by atoms with van der Waals surface area (Å²) in [6.45, 7) is 3.15. The van der Waals surface area contributed by atoms with Crippen LogP contribution in [-0.2, 0) is 15.8 Å². The molecule has 0 radical (unpaired) electrons. The fraction of sp³-hybridized carbons (Fsp3) is 0.545. The van der Waals surface area contributed by atoms with E-state index in [1.165, 1.54) is 13.2 Å². The maximum Gasteiger partial charge on any atom is 0.218 e. The molecule has 18 heavy (non-hydrogen) atoms. The van der Waals surface area contributed by atoms with Gasteiger partial charge in [-0.15, -0.1) is 0 Å². The first kappa shape index (κ1) is 15.4. The highest BCUT2D eigenvalue weighted by atomic mass is 35.5. The molecule has 0 aliphatic heterocycles. The van der Waals surface area contributed by atoms with Crippen LogP contribution in [0, 0.1) is 0 Å². The van der Waals surface area contributed by atoms with Gasteiger partial charge >= 0.3 is 0 Å². The summed E-state index contributed by atoms with van der Waals surface area (Å²) in [5.74, 6) is -0.163. The largest absolute Gasteiger partial charge is 0.389 e. The van der Waals surface area contributed by atoms with Crippen molar-refractivity contribution in [3.8, 4) is 0 Å². The maximum atomic E-state index is 12.0. The Labute approximate surface area is 112 Å². The van der Waals surface area contributed by atoms with Gasteiger partial charge in [-0.2, -0.15) is 0 Å². The number of halogens is 1. The van der Waals surface area contributed by atoms with E-state index in [1.807, 2.05) is 0 Å². The van der Waals surface area contributed by atoms with Crippen molar-refractivity contribution in [1.29, 1.82) is 0 Å². The van der Waals surface area contributed by atoms with Crippen molar-refractivity contribution in [3.05, 3.63) is 29.0 Å². The van der Waals surface area contributed by atoms with Crippen molar-refractivity contribution < 1.29 is 13.5 Å². The minimum absolute atomic E-state index is 0.0380. The fourth-order valence-corrected chi connectivity index (χ4v) is 2.89. The van der Waals surface area contributed by atoms with Gasteiger partial charge in [0.2, 0.25) is 10.0 Å². The summed E-state index contributed by atoms with van der Waals surface area (Å²) >= 11 is 5.63. The summed E-state index contributed by atoms with van der Waals surface area (Å²) in [5.41, 5.74) is -0.512. The van der Waals surface area contributed by atoms with Gasteiger partial charge in [-0.25, -0.2) is 17.7 Å². The van der Waals surface area contributed by atoms with Gasteiger partial charge in [-0.1, -0.05) is 17.7 Å². The molecule has 102 valence electrons. The molecule has 0 amide bonds. The standard InChI is InChI=1S/C11H17ClN2O3S/c1-11(2,15)8-14(3)18(16,17)7-9-4-5-10(12)13-6-9/h4-6,15H,7-8H2,1-3H3. The van der Waals surface area contributed by atoms with Crippen LogP contribution in [0.25, 0.3) is 0 Å². The Hall–Kier alpha value is -0.690. The second-order valence-corrected chi connectivity index (χ2v) is 7.28. The summed E-state index contributed by atoms with van der Waals surface area (Å²) in [7, 11) is -2.03. The van der Waals surface area contributed by atoms with Crippen LogP contribution in [-0.4, -0.2) is 42.0 Å². The zero-order valence-corrected chi connectivity index (χ0v) is 12.2. The number of rotatable bonds is 5. The van der Waals surface area contributed by atoms with E-state index in [-0.39, 0.29) is 12.3 Å². The lowest BCUT2D eigenvalue weighted by Gasteiger charge is -2.25. The van der Waals surface area contributed by atoms with Crippen molar-refractivity contribution in [2.75, 3.05) is 13.6 Å². The Morgan fingerprint density at radius 1 is 1.44 bits per heavy atom. The smallest absolute Gasteiger partial charge is 0.218 e. The minimum atomic E-state index is -3.47. The third kappa shape index (κ3) is 4.89. The van der Waals surface area contributed by atoms with Gasteiger partial charge in [0.15, 0.2) is 0 Å². The molecular weight excluding hydrogens is 276 g/mol. The lowest BCUT2D eigenvalue weighted by Crippen LogP contribution is -2.40. The molecule has 5 nitrogen and oxygen atoms in total. The zero-order valence-electron chi connectivity index (χ0n) is 10.6. The summed E-state index contributed by atoms with van der Waals surface area (Å²) in [6, 6.07) is 3.16. The topological polar surface area (TPSA) is 70.5 Å². The molecule has 0 bridgehead atoms. The third-order valence-electron chi connectivity index (χ3n) is 2.22. The van der Waals surface area contributed by atoms with Crippen molar-refractivity contribution in [3.63, 3.8) is 0 Å². The SMILES string of the molecule is CN(CC(C)(C)O)S(=O)(=O)Cc1ccc(Cl)nc1.